The van der Waals surface area contributed by atoms with Crippen LogP contribution in [0.15, 0.2) is 30.4 Å². The Balaban J connectivity index is 0.00000239. The molecule has 50 heavy (non-hydrogen) atoms. The normalized spacial score (nSPS) is 28.1. The summed E-state index contributed by atoms with van der Waals surface area (Å²) in [6, 6.07) is 4.27. The van der Waals surface area contributed by atoms with E-state index in [1.54, 1.807) is 18.1 Å². The van der Waals surface area contributed by atoms with Crippen LogP contribution in [0, 0.1) is 12.8 Å². The zero-order valence-corrected chi connectivity index (χ0v) is 31.6. The minimum absolute atomic E-state index is 0.0551. The number of pyridine rings is 1. The standard InChI is InChI=1S/C36H49N5O6S.C2H6/c1-21(2)46-30-18-29(25-13-14-28(45-5)22(3)31(25)38-30)47-24-17-27-32(42)39-36(34(44)40-48-35(4)15-16-35)19-23(36)11-9-7-6-8-10-12-26(37)33(43)41(27)20-24;1-2/h9,11,13-14,18,21,23-24,26-27H,6-8,10,12,15-17,19-20,37H2,1-5H3,(H,39,42)(H,40,44);1-2H3/p+1/b11-9-;/t23?,24-,26+,27?,36-;/m1./s1. The molecule has 2 aliphatic carbocycles. The summed E-state index contributed by atoms with van der Waals surface area (Å²) in [7, 11) is 1.62. The quantitative estimate of drug-likeness (QED) is 0.255. The molecule has 3 fully saturated rings. The molecule has 0 spiro atoms. The molecular formula is C38H56N5O6S+. The topological polar surface area (TPSA) is 147 Å². The first-order chi connectivity index (χ1) is 23.9. The van der Waals surface area contributed by atoms with E-state index in [0.29, 0.717) is 35.7 Å². The Kier molecular flexibility index (Phi) is 11.9. The summed E-state index contributed by atoms with van der Waals surface area (Å²) in [4.78, 5) is 48.2. The highest BCUT2D eigenvalue weighted by molar-refractivity contribution is 7.99. The molecule has 2 saturated carbocycles. The number of quaternary nitrogens is 1. The van der Waals surface area contributed by atoms with Gasteiger partial charge in [0.05, 0.1) is 25.3 Å². The number of amides is 3. The number of nitrogens with one attached hydrogen (secondary N) is 2. The van der Waals surface area contributed by atoms with Gasteiger partial charge in [-0.05, 0) is 90.3 Å². The van der Waals surface area contributed by atoms with Crippen LogP contribution in [-0.2, 0) is 14.4 Å². The van der Waals surface area contributed by atoms with E-state index in [9.17, 15) is 14.4 Å². The lowest BCUT2D eigenvalue weighted by molar-refractivity contribution is -0.407. The molecule has 2 aromatic rings. The molecule has 1 saturated heterocycles. The third-order valence-electron chi connectivity index (χ3n) is 10.1. The number of rotatable bonds is 8. The summed E-state index contributed by atoms with van der Waals surface area (Å²) in [6.45, 7) is 12.2. The molecule has 274 valence electrons. The maximum atomic E-state index is 14.2. The van der Waals surface area contributed by atoms with Crippen LogP contribution in [0.5, 0.6) is 17.4 Å². The Morgan fingerprint density at radius 1 is 1.16 bits per heavy atom. The second kappa shape index (κ2) is 15.8. The van der Waals surface area contributed by atoms with Gasteiger partial charge in [-0.1, -0.05) is 32.4 Å². The Morgan fingerprint density at radius 3 is 2.62 bits per heavy atom. The van der Waals surface area contributed by atoms with Crippen LogP contribution in [0.4, 0.5) is 0 Å². The summed E-state index contributed by atoms with van der Waals surface area (Å²) in [5.74, 6) is 0.895. The van der Waals surface area contributed by atoms with E-state index in [0.717, 1.165) is 49.5 Å². The van der Waals surface area contributed by atoms with Crippen molar-refractivity contribution >= 4 is 40.6 Å². The van der Waals surface area contributed by atoms with Crippen molar-refractivity contribution in [2.45, 2.75) is 134 Å². The summed E-state index contributed by atoms with van der Waals surface area (Å²) in [6.07, 6.45) is 11.0. The van der Waals surface area contributed by atoms with E-state index < -0.39 is 23.7 Å². The maximum Gasteiger partial charge on any atom is 0.281 e. The fourth-order valence-corrected chi connectivity index (χ4v) is 7.63. The number of aryl methyl sites for hydroxylation is 1. The van der Waals surface area contributed by atoms with Gasteiger partial charge in [-0.2, -0.15) is 0 Å². The van der Waals surface area contributed by atoms with E-state index in [1.165, 1.54) is 11.9 Å². The van der Waals surface area contributed by atoms with Crippen molar-refractivity contribution in [1.29, 1.82) is 0 Å². The van der Waals surface area contributed by atoms with Crippen LogP contribution in [0.1, 0.15) is 98.0 Å². The second-order valence-corrected chi connectivity index (χ2v) is 15.8. The largest absolute Gasteiger partial charge is 0.496 e. The van der Waals surface area contributed by atoms with E-state index >= 15 is 0 Å². The van der Waals surface area contributed by atoms with Crippen LogP contribution < -0.4 is 30.0 Å². The summed E-state index contributed by atoms with van der Waals surface area (Å²) >= 11 is 1.45. The van der Waals surface area contributed by atoms with Gasteiger partial charge in [0.1, 0.15) is 29.2 Å². The molecule has 5 atom stereocenters. The summed E-state index contributed by atoms with van der Waals surface area (Å²) < 4.78 is 21.3. The van der Waals surface area contributed by atoms with Gasteiger partial charge < -0.3 is 30.2 Å². The molecule has 3 heterocycles. The summed E-state index contributed by atoms with van der Waals surface area (Å²) in [5.41, 5.74) is 4.72. The van der Waals surface area contributed by atoms with E-state index in [-0.39, 0.29) is 47.5 Å². The number of hydrogen-bond donors (Lipinski definition) is 3. The van der Waals surface area contributed by atoms with Gasteiger partial charge in [-0.3, -0.25) is 19.1 Å². The second-order valence-electron chi connectivity index (χ2n) is 14.4. The predicted molar refractivity (Wildman–Crippen MR) is 196 cm³/mol. The van der Waals surface area contributed by atoms with Crippen LogP contribution in [0.2, 0.25) is 0 Å². The zero-order chi connectivity index (χ0) is 36.2. The average Bonchev–Trinajstić information content (AvgIpc) is 3.96. The van der Waals surface area contributed by atoms with Gasteiger partial charge in [0.25, 0.3) is 11.8 Å². The number of benzene rings is 1. The van der Waals surface area contributed by atoms with E-state index in [2.05, 4.69) is 34.8 Å². The number of ether oxygens (including phenoxy) is 3. The number of fused-ring (bicyclic) bond motifs is 3. The van der Waals surface area contributed by atoms with Crippen LogP contribution in [0.3, 0.4) is 0 Å². The Bertz CT molecular complexity index is 1600. The van der Waals surface area contributed by atoms with Gasteiger partial charge in [-0.25, -0.2) is 4.98 Å². The molecule has 2 unspecified atom stereocenters. The SMILES string of the molecule is CC.COc1ccc2c(O[C@@H]3CC4C(=O)N[C@]5(C(=O)NSC6(C)CC6)CC5/C=C\CCCCC[C@H]([NH3+])C(=O)N4C3)cc(OC(C)C)nc2c1C. The molecule has 1 aromatic carbocycles. The lowest BCUT2D eigenvalue weighted by atomic mass is 10.1. The maximum absolute atomic E-state index is 14.2. The minimum Gasteiger partial charge on any atom is -0.496 e. The predicted octanol–water partition coefficient (Wildman–Crippen LogP) is 5.04. The third kappa shape index (κ3) is 8.33. The molecule has 11 nitrogen and oxygen atoms in total. The first-order valence-corrected chi connectivity index (χ1v) is 19.2. The molecule has 0 radical (unpaired) electrons. The smallest absolute Gasteiger partial charge is 0.281 e. The molecule has 0 bridgehead atoms. The Labute approximate surface area is 300 Å². The lowest BCUT2D eigenvalue weighted by Gasteiger charge is -2.27. The first kappa shape index (κ1) is 37.7. The minimum atomic E-state index is -1.04. The summed E-state index contributed by atoms with van der Waals surface area (Å²) in [5, 5.41) is 3.92. The number of hydrogen-bond acceptors (Lipinski definition) is 8. The molecule has 1 aromatic heterocycles. The molecule has 4 aliphatic rings. The van der Waals surface area contributed by atoms with Gasteiger partial charge in [0.2, 0.25) is 11.8 Å². The van der Waals surface area contributed by atoms with Crippen LogP contribution in [-0.4, -0.2) is 75.8 Å². The van der Waals surface area contributed by atoms with Crippen molar-refractivity contribution in [3.05, 3.63) is 35.9 Å². The molecule has 2 aliphatic heterocycles. The average molecular weight is 711 g/mol. The molecule has 5 N–H and O–H groups in total. The Morgan fingerprint density at radius 2 is 1.92 bits per heavy atom. The van der Waals surface area contributed by atoms with Crippen molar-refractivity contribution in [2.75, 3.05) is 13.7 Å². The first-order valence-electron chi connectivity index (χ1n) is 18.4. The van der Waals surface area contributed by atoms with Gasteiger partial charge in [0.15, 0.2) is 6.04 Å². The molecular weight excluding hydrogens is 655 g/mol. The zero-order valence-electron chi connectivity index (χ0n) is 30.8. The third-order valence-corrected chi connectivity index (χ3v) is 11.3. The fourth-order valence-electron chi connectivity index (χ4n) is 6.80. The number of allylic oxidation sites excluding steroid dienone is 1. The van der Waals surface area contributed by atoms with E-state index in [1.807, 2.05) is 46.8 Å². The Hall–Kier alpha value is -3.51. The molecule has 12 heteroatoms. The van der Waals surface area contributed by atoms with Crippen molar-refractivity contribution in [2.24, 2.45) is 5.92 Å². The number of carbonyl (C=O) groups is 3. The number of carbonyl (C=O) groups excluding carboxylic acids is 3. The monoisotopic (exact) mass is 710 g/mol. The number of aromatic nitrogens is 1. The van der Waals surface area contributed by atoms with Crippen LogP contribution in [0.25, 0.3) is 10.9 Å². The van der Waals surface area contributed by atoms with Crippen molar-refractivity contribution in [1.82, 2.24) is 19.9 Å². The van der Waals surface area contributed by atoms with Crippen molar-refractivity contribution in [3.63, 3.8) is 0 Å². The van der Waals surface area contributed by atoms with Gasteiger partial charge in [-0.15, -0.1) is 0 Å². The highest BCUT2D eigenvalue weighted by Gasteiger charge is 2.61. The van der Waals surface area contributed by atoms with E-state index in [4.69, 9.17) is 19.2 Å². The van der Waals surface area contributed by atoms with Crippen molar-refractivity contribution < 1.29 is 34.3 Å². The molecule has 6 rings (SSSR count). The molecule has 3 amide bonds. The lowest BCUT2D eigenvalue weighted by Crippen LogP contribution is -2.69. The number of methoxy groups -OCH3 is 1. The highest BCUT2D eigenvalue weighted by atomic mass is 32.2. The van der Waals surface area contributed by atoms with Crippen LogP contribution >= 0.6 is 11.9 Å². The fraction of sp³-hybridized carbons (Fsp3) is 0.632. The van der Waals surface area contributed by atoms with Gasteiger partial charge in [0, 0.05) is 40.5 Å². The highest BCUT2D eigenvalue weighted by Crippen LogP contribution is 2.49. The van der Waals surface area contributed by atoms with Crippen molar-refractivity contribution in [3.8, 4) is 17.4 Å². The van der Waals surface area contributed by atoms with Gasteiger partial charge >= 0.3 is 0 Å². The number of nitrogens with zero attached hydrogens (tertiary/aromatic N) is 2.